The summed E-state index contributed by atoms with van der Waals surface area (Å²) in [6, 6.07) is 6.19. The lowest BCUT2D eigenvalue weighted by Gasteiger charge is -2.21. The van der Waals surface area contributed by atoms with Crippen LogP contribution in [-0.4, -0.2) is 24.4 Å². The molecule has 0 aliphatic carbocycles. The van der Waals surface area contributed by atoms with E-state index in [1.165, 1.54) is 12.1 Å². The molecule has 0 saturated carbocycles. The Hall–Kier alpha value is -2.60. The van der Waals surface area contributed by atoms with E-state index in [1.54, 1.807) is 19.1 Å². The molecule has 1 heterocycles. The van der Waals surface area contributed by atoms with Crippen LogP contribution in [0, 0.1) is 19.7 Å². The number of carbonyl (C=O) groups is 1. The molecule has 0 bridgehead atoms. The number of benzene rings is 2. The van der Waals surface area contributed by atoms with Crippen LogP contribution >= 0.6 is 0 Å². The summed E-state index contributed by atoms with van der Waals surface area (Å²) in [5, 5.41) is 12.9. The molecule has 1 aliphatic rings. The van der Waals surface area contributed by atoms with Gasteiger partial charge >= 0.3 is 0 Å². The van der Waals surface area contributed by atoms with Crippen LogP contribution in [0.5, 0.6) is 11.5 Å². The summed E-state index contributed by atoms with van der Waals surface area (Å²) in [5.41, 5.74) is 3.18. The number of hydrogen-bond donors (Lipinski definition) is 2. The van der Waals surface area contributed by atoms with E-state index in [0.29, 0.717) is 42.0 Å². The quantitative estimate of drug-likeness (QED) is 0.894. The number of fused-ring (bicyclic) bond motifs is 1. The third-order valence-electron chi connectivity index (χ3n) is 4.38. The second kappa shape index (κ2) is 7.11. The zero-order valence-corrected chi connectivity index (χ0v) is 14.2. The molecule has 0 fully saturated rings. The molecule has 0 radical (unpaired) electrons. The molecule has 0 atom stereocenters. The van der Waals surface area contributed by atoms with E-state index in [9.17, 15) is 14.3 Å². The van der Waals surface area contributed by atoms with Crippen LogP contribution in [0.25, 0.3) is 0 Å². The maximum absolute atomic E-state index is 13.7. The van der Waals surface area contributed by atoms with E-state index in [-0.39, 0.29) is 29.8 Å². The predicted molar refractivity (Wildman–Crippen MR) is 90.3 cm³/mol. The maximum atomic E-state index is 13.7. The topological polar surface area (TPSA) is 67.8 Å². The number of carbonyl (C=O) groups excluding carboxylic acids is 1. The number of nitrogens with one attached hydrogen (secondary N) is 1. The van der Waals surface area contributed by atoms with Crippen LogP contribution in [0.1, 0.15) is 32.6 Å². The predicted octanol–water partition coefficient (Wildman–Crippen LogP) is 2.99. The number of aromatic hydroxyl groups is 1. The minimum absolute atomic E-state index is 0.0129. The zero-order chi connectivity index (χ0) is 18.0. The van der Waals surface area contributed by atoms with Crippen molar-refractivity contribution in [2.24, 2.45) is 0 Å². The molecule has 2 aromatic rings. The third-order valence-corrected chi connectivity index (χ3v) is 4.38. The lowest BCUT2D eigenvalue weighted by atomic mass is 10.0. The van der Waals surface area contributed by atoms with Gasteiger partial charge in [0.15, 0.2) is 6.79 Å². The van der Waals surface area contributed by atoms with Gasteiger partial charge in [-0.1, -0.05) is 6.07 Å². The van der Waals surface area contributed by atoms with Gasteiger partial charge < -0.3 is 19.9 Å². The van der Waals surface area contributed by atoms with Gasteiger partial charge in [-0.3, -0.25) is 4.79 Å². The number of ether oxygens (including phenoxy) is 2. The molecular formula is C19H20FNO4. The first-order chi connectivity index (χ1) is 12.0. The second-order valence-electron chi connectivity index (χ2n) is 6.07. The molecule has 1 amide bonds. The van der Waals surface area contributed by atoms with Gasteiger partial charge in [-0.25, -0.2) is 4.39 Å². The van der Waals surface area contributed by atoms with Gasteiger partial charge in [-0.2, -0.15) is 0 Å². The summed E-state index contributed by atoms with van der Waals surface area (Å²) < 4.78 is 24.3. The van der Waals surface area contributed by atoms with E-state index in [2.05, 4.69) is 5.32 Å². The number of phenols is 1. The molecular weight excluding hydrogens is 325 g/mol. The first-order valence-corrected chi connectivity index (χ1v) is 8.06. The third kappa shape index (κ3) is 3.58. The van der Waals surface area contributed by atoms with Gasteiger partial charge in [-0.05, 0) is 55.2 Å². The Kier molecular flexibility index (Phi) is 4.90. The fourth-order valence-electron chi connectivity index (χ4n) is 2.83. The van der Waals surface area contributed by atoms with E-state index >= 15 is 0 Å². The largest absolute Gasteiger partial charge is 0.507 e. The van der Waals surface area contributed by atoms with Gasteiger partial charge in [0, 0.05) is 12.1 Å². The van der Waals surface area contributed by atoms with Crippen LogP contribution in [0.15, 0.2) is 24.3 Å². The van der Waals surface area contributed by atoms with Crippen molar-refractivity contribution in [1.82, 2.24) is 5.32 Å². The maximum Gasteiger partial charge on any atom is 0.255 e. The number of phenolic OH excluding ortho intramolecular Hbond substituents is 1. The molecule has 2 N–H and O–H groups in total. The number of halogens is 1. The van der Waals surface area contributed by atoms with Crippen molar-refractivity contribution in [3.8, 4) is 11.5 Å². The zero-order valence-electron chi connectivity index (χ0n) is 14.2. The molecule has 132 valence electrons. The fourth-order valence-corrected chi connectivity index (χ4v) is 2.83. The minimum atomic E-state index is -0.366. The molecule has 5 nitrogen and oxygen atoms in total. The lowest BCUT2D eigenvalue weighted by molar-refractivity contribution is -0.0172. The smallest absolute Gasteiger partial charge is 0.255 e. The molecule has 0 aromatic heterocycles. The average Bonchev–Trinajstić information content (AvgIpc) is 2.59. The SMILES string of the molecule is Cc1ccc(C(=O)NCCc2cc(F)cc3c2OCOC3)c(O)c1C. The summed E-state index contributed by atoms with van der Waals surface area (Å²) in [4.78, 5) is 12.3. The van der Waals surface area contributed by atoms with Crippen LogP contribution in [-0.2, 0) is 17.8 Å². The highest BCUT2D eigenvalue weighted by molar-refractivity contribution is 5.97. The highest BCUT2D eigenvalue weighted by atomic mass is 19.1. The summed E-state index contributed by atoms with van der Waals surface area (Å²) in [6.45, 7) is 4.37. The van der Waals surface area contributed by atoms with Gasteiger partial charge in [-0.15, -0.1) is 0 Å². The molecule has 0 unspecified atom stereocenters. The highest BCUT2D eigenvalue weighted by Crippen LogP contribution is 2.29. The average molecular weight is 345 g/mol. The van der Waals surface area contributed by atoms with E-state index < -0.39 is 0 Å². The lowest BCUT2D eigenvalue weighted by Crippen LogP contribution is -2.26. The van der Waals surface area contributed by atoms with Gasteiger partial charge in [0.05, 0.1) is 12.2 Å². The van der Waals surface area contributed by atoms with Crippen molar-refractivity contribution in [2.45, 2.75) is 26.9 Å². The molecule has 25 heavy (non-hydrogen) atoms. The van der Waals surface area contributed by atoms with Crippen LogP contribution < -0.4 is 10.1 Å². The molecule has 6 heteroatoms. The first kappa shape index (κ1) is 17.2. The summed E-state index contributed by atoms with van der Waals surface area (Å²) in [6.07, 6.45) is 0.414. The Bertz CT molecular complexity index is 820. The van der Waals surface area contributed by atoms with Gasteiger partial charge in [0.1, 0.15) is 17.3 Å². The van der Waals surface area contributed by atoms with Crippen molar-refractivity contribution in [3.05, 3.63) is 57.9 Å². The molecule has 1 aliphatic heterocycles. The summed E-state index contributed by atoms with van der Waals surface area (Å²) in [7, 11) is 0. The number of aryl methyl sites for hydroxylation is 1. The van der Waals surface area contributed by atoms with Crippen molar-refractivity contribution < 1.29 is 23.8 Å². The van der Waals surface area contributed by atoms with Gasteiger partial charge in [0.2, 0.25) is 0 Å². The number of amides is 1. The Morgan fingerprint density at radius 1 is 1.32 bits per heavy atom. The van der Waals surface area contributed by atoms with Crippen molar-refractivity contribution in [1.29, 1.82) is 0 Å². The van der Waals surface area contributed by atoms with Crippen molar-refractivity contribution in [3.63, 3.8) is 0 Å². The number of rotatable bonds is 4. The Morgan fingerprint density at radius 2 is 2.12 bits per heavy atom. The van der Waals surface area contributed by atoms with E-state index in [4.69, 9.17) is 9.47 Å². The van der Waals surface area contributed by atoms with Crippen LogP contribution in [0.2, 0.25) is 0 Å². The molecule has 0 spiro atoms. The van der Waals surface area contributed by atoms with Crippen molar-refractivity contribution >= 4 is 5.91 Å². The van der Waals surface area contributed by atoms with E-state index in [1.807, 2.05) is 6.92 Å². The second-order valence-corrected chi connectivity index (χ2v) is 6.07. The molecule has 3 rings (SSSR count). The van der Waals surface area contributed by atoms with Crippen LogP contribution in [0.3, 0.4) is 0 Å². The molecule has 0 saturated heterocycles. The van der Waals surface area contributed by atoms with Gasteiger partial charge in [0.25, 0.3) is 5.91 Å². The Balaban J connectivity index is 1.68. The Morgan fingerprint density at radius 3 is 2.92 bits per heavy atom. The Labute approximate surface area is 145 Å². The summed E-state index contributed by atoms with van der Waals surface area (Å²) >= 11 is 0. The van der Waals surface area contributed by atoms with Crippen LogP contribution in [0.4, 0.5) is 4.39 Å². The van der Waals surface area contributed by atoms with E-state index in [0.717, 1.165) is 5.56 Å². The van der Waals surface area contributed by atoms with Crippen molar-refractivity contribution in [2.75, 3.05) is 13.3 Å². The normalized spacial score (nSPS) is 13.1. The highest BCUT2D eigenvalue weighted by Gasteiger charge is 2.18. The standard InChI is InChI=1S/C19H20FNO4/c1-11-3-4-16(17(22)12(11)2)19(23)21-6-5-13-7-15(20)8-14-9-24-10-25-18(13)14/h3-4,7-8,22H,5-6,9-10H2,1-2H3,(H,21,23). The fraction of sp³-hybridized carbons (Fsp3) is 0.316. The summed E-state index contributed by atoms with van der Waals surface area (Å²) in [5.74, 6) is -0.117. The number of hydrogen-bond acceptors (Lipinski definition) is 4. The molecule has 2 aromatic carbocycles. The first-order valence-electron chi connectivity index (χ1n) is 8.06. The monoisotopic (exact) mass is 345 g/mol. The minimum Gasteiger partial charge on any atom is -0.507 e.